The largest absolute Gasteiger partial charge is 0.623 e. The van der Waals surface area contributed by atoms with Crippen LogP contribution in [0.2, 0.25) is 0 Å². The van der Waals surface area contributed by atoms with Crippen molar-refractivity contribution in [2.24, 2.45) is 0 Å². The van der Waals surface area contributed by atoms with E-state index in [2.05, 4.69) is 24.3 Å². The second-order valence-electron chi connectivity index (χ2n) is 4.74. The Balaban J connectivity index is 1.98. The molecule has 19 heavy (non-hydrogen) atoms. The van der Waals surface area contributed by atoms with Crippen molar-refractivity contribution in [3.63, 3.8) is 0 Å². The molecule has 3 aromatic rings. The molecule has 3 aromatic carbocycles. The zero-order valence-electron chi connectivity index (χ0n) is 10.2. The number of benzene rings is 3. The van der Waals surface area contributed by atoms with Crippen LogP contribution in [0.5, 0.6) is 0 Å². The molecule has 1 heterocycles. The van der Waals surface area contributed by atoms with E-state index in [1.54, 1.807) is 0 Å². The van der Waals surface area contributed by atoms with Crippen molar-refractivity contribution in [1.29, 1.82) is 0 Å². The summed E-state index contributed by atoms with van der Waals surface area (Å²) in [5, 5.41) is 17.4. The maximum atomic E-state index is 12.6. The first-order valence-electron chi connectivity index (χ1n) is 6.26. The standard InChI is InChI=1S/C16H12NOP/c18-17-13-7-3-4-8-15(13)19-16-10-12-6-2-1-5-11(12)9-14(16)17/h1-10,17,19H. The molecule has 0 radical (unpaired) electrons. The number of quaternary nitrogens is 1. The maximum Gasteiger partial charge on any atom is 0.144 e. The van der Waals surface area contributed by atoms with Gasteiger partial charge in [-0.3, -0.25) is 0 Å². The lowest BCUT2D eigenvalue weighted by Crippen LogP contribution is -2.99. The lowest BCUT2D eigenvalue weighted by molar-refractivity contribution is -0.696. The van der Waals surface area contributed by atoms with Gasteiger partial charge < -0.3 is 10.3 Å². The third-order valence-corrected chi connectivity index (χ3v) is 4.96. The minimum Gasteiger partial charge on any atom is -0.623 e. The highest BCUT2D eigenvalue weighted by Gasteiger charge is 2.22. The second kappa shape index (κ2) is 4.14. The molecule has 3 heteroatoms. The van der Waals surface area contributed by atoms with Crippen molar-refractivity contribution < 1.29 is 5.06 Å². The molecule has 0 fully saturated rings. The number of para-hydroxylation sites is 1. The Kier molecular flexibility index (Phi) is 2.42. The summed E-state index contributed by atoms with van der Waals surface area (Å²) in [6, 6.07) is 20.4. The van der Waals surface area contributed by atoms with Gasteiger partial charge in [0.25, 0.3) is 0 Å². The zero-order chi connectivity index (χ0) is 12.8. The first-order valence-corrected chi connectivity index (χ1v) is 7.26. The normalized spacial score (nSPS) is 18.3. The van der Waals surface area contributed by atoms with E-state index in [0.717, 1.165) is 22.1 Å². The minimum atomic E-state index is 0.162. The molecule has 2 unspecified atom stereocenters. The van der Waals surface area contributed by atoms with Crippen LogP contribution in [-0.2, 0) is 0 Å². The Labute approximate surface area is 113 Å². The smallest absolute Gasteiger partial charge is 0.144 e. The summed E-state index contributed by atoms with van der Waals surface area (Å²) in [6.07, 6.45) is 0. The molecule has 2 atom stereocenters. The fraction of sp³-hybridized carbons (Fsp3) is 0. The van der Waals surface area contributed by atoms with Crippen molar-refractivity contribution in [3.8, 4) is 0 Å². The van der Waals surface area contributed by atoms with Gasteiger partial charge in [0.05, 0.1) is 0 Å². The van der Waals surface area contributed by atoms with E-state index >= 15 is 0 Å². The molecule has 0 bridgehead atoms. The first kappa shape index (κ1) is 11.1. The van der Waals surface area contributed by atoms with E-state index in [1.807, 2.05) is 36.4 Å². The summed E-state index contributed by atoms with van der Waals surface area (Å²) in [4.78, 5) is 0. The number of fused-ring (bicyclic) bond motifs is 3. The Morgan fingerprint density at radius 3 is 2.26 bits per heavy atom. The summed E-state index contributed by atoms with van der Waals surface area (Å²) in [5.74, 6) is 0. The van der Waals surface area contributed by atoms with Crippen LogP contribution in [0.4, 0.5) is 11.4 Å². The quantitative estimate of drug-likeness (QED) is 0.489. The van der Waals surface area contributed by atoms with Gasteiger partial charge in [-0.15, -0.1) is 0 Å². The summed E-state index contributed by atoms with van der Waals surface area (Å²) >= 11 is 0. The van der Waals surface area contributed by atoms with Gasteiger partial charge in [-0.1, -0.05) is 36.4 Å². The summed E-state index contributed by atoms with van der Waals surface area (Å²) in [6.45, 7) is 0. The van der Waals surface area contributed by atoms with Crippen molar-refractivity contribution in [2.75, 3.05) is 0 Å². The molecular formula is C16H12NOP. The van der Waals surface area contributed by atoms with E-state index in [4.69, 9.17) is 0 Å². The summed E-state index contributed by atoms with van der Waals surface area (Å²) in [5.41, 5.74) is 1.74. The average Bonchev–Trinajstić information content (AvgIpc) is 2.46. The molecule has 1 aliphatic heterocycles. The molecule has 0 saturated heterocycles. The van der Waals surface area contributed by atoms with Gasteiger partial charge in [-0.05, 0) is 31.5 Å². The fourth-order valence-corrected chi connectivity index (χ4v) is 3.96. The highest BCUT2D eigenvalue weighted by atomic mass is 31.1. The van der Waals surface area contributed by atoms with E-state index in [9.17, 15) is 5.21 Å². The molecule has 92 valence electrons. The Morgan fingerprint density at radius 2 is 1.42 bits per heavy atom. The lowest BCUT2D eigenvalue weighted by Gasteiger charge is -2.30. The molecule has 4 rings (SSSR count). The molecule has 0 amide bonds. The predicted molar refractivity (Wildman–Crippen MR) is 81.6 cm³/mol. The molecule has 1 N–H and O–H groups in total. The number of hydrogen-bond donors (Lipinski definition) is 1. The fourth-order valence-electron chi connectivity index (χ4n) is 2.61. The monoisotopic (exact) mass is 265 g/mol. The average molecular weight is 265 g/mol. The van der Waals surface area contributed by atoms with Gasteiger partial charge in [-0.25, -0.2) is 0 Å². The Morgan fingerprint density at radius 1 is 0.737 bits per heavy atom. The summed E-state index contributed by atoms with van der Waals surface area (Å²) in [7, 11) is 0.572. The summed E-state index contributed by atoms with van der Waals surface area (Å²) < 4.78 is 0. The van der Waals surface area contributed by atoms with Gasteiger partial charge in [0.2, 0.25) is 0 Å². The highest BCUT2D eigenvalue weighted by molar-refractivity contribution is 7.56. The van der Waals surface area contributed by atoms with Crippen LogP contribution < -0.4 is 15.7 Å². The van der Waals surface area contributed by atoms with E-state index in [0.29, 0.717) is 8.58 Å². The topological polar surface area (TPSA) is 27.5 Å². The van der Waals surface area contributed by atoms with E-state index in [-0.39, 0.29) is 5.06 Å². The van der Waals surface area contributed by atoms with Gasteiger partial charge in [0, 0.05) is 22.7 Å². The second-order valence-corrected chi connectivity index (χ2v) is 6.07. The number of hydrogen-bond acceptors (Lipinski definition) is 1. The van der Waals surface area contributed by atoms with E-state index < -0.39 is 0 Å². The first-order chi connectivity index (χ1) is 9.33. The number of nitrogens with one attached hydrogen (secondary N) is 1. The molecule has 0 spiro atoms. The minimum absolute atomic E-state index is 0.162. The molecule has 0 aliphatic carbocycles. The lowest BCUT2D eigenvalue weighted by atomic mass is 10.1. The van der Waals surface area contributed by atoms with Crippen LogP contribution in [0.3, 0.4) is 0 Å². The van der Waals surface area contributed by atoms with Crippen molar-refractivity contribution >= 4 is 41.3 Å². The van der Waals surface area contributed by atoms with Crippen molar-refractivity contribution in [3.05, 3.63) is 65.9 Å². The Hall–Kier alpha value is -1.73. The molecule has 0 aromatic heterocycles. The highest BCUT2D eigenvalue weighted by Crippen LogP contribution is 2.27. The predicted octanol–water partition coefficient (Wildman–Crippen LogP) is 2.13. The van der Waals surface area contributed by atoms with Gasteiger partial charge in [-0.2, -0.15) is 0 Å². The maximum absolute atomic E-state index is 12.6. The van der Waals surface area contributed by atoms with Crippen LogP contribution in [0, 0.1) is 5.21 Å². The van der Waals surface area contributed by atoms with Gasteiger partial charge in [0.1, 0.15) is 11.4 Å². The van der Waals surface area contributed by atoms with Crippen molar-refractivity contribution in [1.82, 2.24) is 0 Å². The molecule has 2 nitrogen and oxygen atoms in total. The van der Waals surface area contributed by atoms with Gasteiger partial charge in [0.15, 0.2) is 0 Å². The molecular weight excluding hydrogens is 253 g/mol. The number of rotatable bonds is 0. The van der Waals surface area contributed by atoms with E-state index in [1.165, 1.54) is 10.7 Å². The van der Waals surface area contributed by atoms with Crippen LogP contribution in [0.25, 0.3) is 10.8 Å². The van der Waals surface area contributed by atoms with Crippen molar-refractivity contribution in [2.45, 2.75) is 0 Å². The molecule has 1 aliphatic rings. The third kappa shape index (κ3) is 1.69. The molecule has 0 saturated carbocycles. The van der Waals surface area contributed by atoms with Gasteiger partial charge >= 0.3 is 0 Å². The van der Waals surface area contributed by atoms with Crippen LogP contribution in [-0.4, -0.2) is 0 Å². The SMILES string of the molecule is [O-][NH+]1c2ccccc2Pc2cc3ccccc3cc21. The van der Waals surface area contributed by atoms with Crippen LogP contribution in [0.1, 0.15) is 0 Å². The van der Waals surface area contributed by atoms with Crippen LogP contribution in [0.15, 0.2) is 60.7 Å². The third-order valence-electron chi connectivity index (χ3n) is 3.57. The van der Waals surface area contributed by atoms with Crippen LogP contribution >= 0.6 is 8.58 Å². The Bertz CT molecular complexity index is 785. The zero-order valence-corrected chi connectivity index (χ0v) is 11.2.